The van der Waals surface area contributed by atoms with E-state index < -0.39 is 0 Å². The van der Waals surface area contributed by atoms with E-state index in [0.29, 0.717) is 19.5 Å². The highest BCUT2D eigenvalue weighted by molar-refractivity contribution is 7.11. The van der Waals surface area contributed by atoms with Gasteiger partial charge in [-0.2, -0.15) is 0 Å². The molecule has 23 heavy (non-hydrogen) atoms. The number of hydrogen-bond donors (Lipinski definition) is 0. The Morgan fingerprint density at radius 2 is 2.17 bits per heavy atom. The van der Waals surface area contributed by atoms with Crippen molar-refractivity contribution < 1.29 is 4.79 Å². The lowest BCUT2D eigenvalue weighted by atomic mass is 10.0. The van der Waals surface area contributed by atoms with Crippen LogP contribution in [0.5, 0.6) is 0 Å². The van der Waals surface area contributed by atoms with E-state index in [-0.39, 0.29) is 10.8 Å². The van der Waals surface area contributed by atoms with E-state index >= 15 is 0 Å². The van der Waals surface area contributed by atoms with Crippen LogP contribution in [0.15, 0.2) is 10.2 Å². The number of hydrogen-bond acceptors (Lipinski definition) is 5. The monoisotopic (exact) mass is 351 g/mol. The first-order valence-corrected chi connectivity index (χ1v) is 9.60. The molecule has 7 heteroatoms. The first kappa shape index (κ1) is 16.4. The Morgan fingerprint density at radius 1 is 1.39 bits per heavy atom. The van der Waals surface area contributed by atoms with Crippen molar-refractivity contribution in [2.45, 2.75) is 52.1 Å². The van der Waals surface area contributed by atoms with Crippen LogP contribution in [-0.4, -0.2) is 27.4 Å². The topological polar surface area (TPSA) is 55.2 Å². The summed E-state index contributed by atoms with van der Waals surface area (Å²) >= 11 is 2.93. The maximum absolute atomic E-state index is 12.3. The Labute approximate surface area is 143 Å². The van der Waals surface area contributed by atoms with Gasteiger partial charge < -0.3 is 9.47 Å². The second-order valence-corrected chi connectivity index (χ2v) is 7.97. The highest BCUT2D eigenvalue weighted by Gasteiger charge is 2.17. The summed E-state index contributed by atoms with van der Waals surface area (Å²) in [4.78, 5) is 31.8. The number of aryl methyl sites for hydroxylation is 3. The predicted molar refractivity (Wildman–Crippen MR) is 93.2 cm³/mol. The van der Waals surface area contributed by atoms with Crippen molar-refractivity contribution in [3.05, 3.63) is 36.3 Å². The molecule has 2 heterocycles. The maximum Gasteiger partial charge on any atom is 0.307 e. The molecule has 0 saturated carbocycles. The molecule has 0 aliphatic heterocycles. The summed E-state index contributed by atoms with van der Waals surface area (Å²) < 4.78 is 1.67. The van der Waals surface area contributed by atoms with Crippen LogP contribution in [0.2, 0.25) is 0 Å². The molecule has 0 N–H and O–H groups in total. The number of fused-ring (bicyclic) bond motifs is 1. The lowest BCUT2D eigenvalue weighted by Crippen LogP contribution is -2.28. The average Bonchev–Trinajstić information content (AvgIpc) is 3.08. The fraction of sp³-hybridized carbons (Fsp3) is 0.562. The zero-order chi connectivity index (χ0) is 16.4. The summed E-state index contributed by atoms with van der Waals surface area (Å²) in [6.45, 7) is 2.91. The molecule has 0 aromatic carbocycles. The van der Waals surface area contributed by atoms with Gasteiger partial charge in [0.25, 0.3) is 0 Å². The van der Waals surface area contributed by atoms with Crippen molar-refractivity contribution in [1.82, 2.24) is 14.5 Å². The molecule has 0 saturated heterocycles. The Bertz CT molecular complexity index is 736. The SMILES string of the molecule is Cc1csc(=O)n1CCC(=O)N(C)Cc1nc2c(s1)CCCC2. The fourth-order valence-electron chi connectivity index (χ4n) is 2.84. The zero-order valence-electron chi connectivity index (χ0n) is 13.5. The molecule has 0 radical (unpaired) electrons. The van der Waals surface area contributed by atoms with E-state index in [1.54, 1.807) is 20.8 Å². The lowest BCUT2D eigenvalue weighted by molar-refractivity contribution is -0.130. The van der Waals surface area contributed by atoms with Crippen LogP contribution < -0.4 is 4.87 Å². The van der Waals surface area contributed by atoms with Crippen LogP contribution in [0.4, 0.5) is 0 Å². The van der Waals surface area contributed by atoms with Crippen molar-refractivity contribution in [2.75, 3.05) is 7.05 Å². The normalized spacial score (nSPS) is 13.8. The molecule has 2 aromatic rings. The number of amides is 1. The molecule has 0 spiro atoms. The maximum atomic E-state index is 12.3. The molecule has 1 aliphatic carbocycles. The Balaban J connectivity index is 1.57. The van der Waals surface area contributed by atoms with Crippen molar-refractivity contribution in [3.8, 4) is 0 Å². The minimum atomic E-state index is 0.00514. The number of thiazole rings is 2. The van der Waals surface area contributed by atoms with Gasteiger partial charge in [-0.15, -0.1) is 11.3 Å². The average molecular weight is 351 g/mol. The fourth-order valence-corrected chi connectivity index (χ4v) is 4.81. The van der Waals surface area contributed by atoms with Crippen LogP contribution in [0.3, 0.4) is 0 Å². The minimum absolute atomic E-state index is 0.00514. The van der Waals surface area contributed by atoms with Gasteiger partial charge in [0.2, 0.25) is 5.91 Å². The van der Waals surface area contributed by atoms with Gasteiger partial charge in [0, 0.05) is 36.0 Å². The second-order valence-electron chi connectivity index (χ2n) is 5.98. The van der Waals surface area contributed by atoms with Crippen molar-refractivity contribution in [3.63, 3.8) is 0 Å². The number of carbonyl (C=O) groups excluding carboxylic acids is 1. The highest BCUT2D eigenvalue weighted by atomic mass is 32.1. The Hall–Kier alpha value is -1.47. The van der Waals surface area contributed by atoms with Gasteiger partial charge in [-0.3, -0.25) is 9.59 Å². The molecule has 3 rings (SSSR count). The molecule has 1 amide bonds. The van der Waals surface area contributed by atoms with Crippen molar-refractivity contribution in [1.29, 1.82) is 0 Å². The van der Waals surface area contributed by atoms with Gasteiger partial charge in [-0.25, -0.2) is 4.98 Å². The molecule has 0 atom stereocenters. The third-order valence-electron chi connectivity index (χ3n) is 4.21. The molecule has 124 valence electrons. The molecule has 0 bridgehead atoms. The quantitative estimate of drug-likeness (QED) is 0.832. The van der Waals surface area contributed by atoms with Gasteiger partial charge in [0.15, 0.2) is 0 Å². The molecule has 1 aliphatic rings. The highest BCUT2D eigenvalue weighted by Crippen LogP contribution is 2.27. The van der Waals surface area contributed by atoms with Crippen molar-refractivity contribution in [2.24, 2.45) is 0 Å². The van der Waals surface area contributed by atoms with Gasteiger partial charge in [0.05, 0.1) is 12.2 Å². The molecular formula is C16H21N3O2S2. The molecule has 5 nitrogen and oxygen atoms in total. The van der Waals surface area contributed by atoms with E-state index in [0.717, 1.165) is 23.5 Å². The molecule has 0 unspecified atom stereocenters. The second kappa shape index (κ2) is 6.97. The third kappa shape index (κ3) is 3.72. The number of rotatable bonds is 5. The number of aromatic nitrogens is 2. The van der Waals surface area contributed by atoms with Crippen LogP contribution >= 0.6 is 22.7 Å². The van der Waals surface area contributed by atoms with Gasteiger partial charge >= 0.3 is 4.87 Å². The Kier molecular flexibility index (Phi) is 4.96. The summed E-state index contributed by atoms with van der Waals surface area (Å²) in [5.74, 6) is 0.0515. The van der Waals surface area contributed by atoms with Crippen LogP contribution in [0.1, 0.15) is 40.5 Å². The number of nitrogens with zero attached hydrogens (tertiary/aromatic N) is 3. The molecule has 2 aromatic heterocycles. The summed E-state index contributed by atoms with van der Waals surface area (Å²) in [6, 6.07) is 0. The predicted octanol–water partition coefficient (Wildman–Crippen LogP) is 2.60. The zero-order valence-corrected chi connectivity index (χ0v) is 15.1. The lowest BCUT2D eigenvalue weighted by Gasteiger charge is -2.16. The van der Waals surface area contributed by atoms with Crippen LogP contribution in [-0.2, 0) is 30.7 Å². The first-order valence-electron chi connectivity index (χ1n) is 7.91. The van der Waals surface area contributed by atoms with E-state index in [1.165, 1.54) is 34.7 Å². The largest absolute Gasteiger partial charge is 0.339 e. The van der Waals surface area contributed by atoms with Crippen molar-refractivity contribution >= 4 is 28.6 Å². The van der Waals surface area contributed by atoms with E-state index in [4.69, 9.17) is 0 Å². The third-order valence-corrected chi connectivity index (χ3v) is 6.24. The van der Waals surface area contributed by atoms with E-state index in [2.05, 4.69) is 4.98 Å². The van der Waals surface area contributed by atoms with Crippen LogP contribution in [0, 0.1) is 6.92 Å². The van der Waals surface area contributed by atoms with Gasteiger partial charge in [-0.1, -0.05) is 11.3 Å². The summed E-state index contributed by atoms with van der Waals surface area (Å²) in [5.41, 5.74) is 2.15. The molecular weight excluding hydrogens is 330 g/mol. The smallest absolute Gasteiger partial charge is 0.307 e. The Morgan fingerprint density at radius 3 is 2.87 bits per heavy atom. The first-order chi connectivity index (χ1) is 11.0. The summed E-state index contributed by atoms with van der Waals surface area (Å²) in [5, 5.41) is 2.85. The summed E-state index contributed by atoms with van der Waals surface area (Å²) in [6.07, 6.45) is 5.02. The number of carbonyl (C=O) groups is 1. The van der Waals surface area contributed by atoms with Gasteiger partial charge in [0.1, 0.15) is 5.01 Å². The standard InChI is InChI=1S/C16H21N3O2S2/c1-11-10-22-16(21)19(11)8-7-15(20)18(2)9-14-17-12-5-3-4-6-13(12)23-14/h10H,3-9H2,1-2H3. The molecule has 0 fully saturated rings. The van der Waals surface area contributed by atoms with Gasteiger partial charge in [-0.05, 0) is 32.6 Å². The van der Waals surface area contributed by atoms with E-state index in [1.807, 2.05) is 19.4 Å². The summed E-state index contributed by atoms with van der Waals surface area (Å²) in [7, 11) is 1.81. The van der Waals surface area contributed by atoms with Crippen LogP contribution in [0.25, 0.3) is 0 Å². The minimum Gasteiger partial charge on any atom is -0.339 e. The van der Waals surface area contributed by atoms with E-state index in [9.17, 15) is 9.59 Å².